The predicted molar refractivity (Wildman–Crippen MR) is 117 cm³/mol. The molecule has 3 rings (SSSR count). The van der Waals surface area contributed by atoms with E-state index in [1.54, 1.807) is 13.1 Å². The third-order valence-corrected chi connectivity index (χ3v) is 5.45. The van der Waals surface area contributed by atoms with E-state index in [9.17, 15) is 22.8 Å². The maximum absolute atomic E-state index is 13.7. The molecule has 2 amide bonds. The van der Waals surface area contributed by atoms with Gasteiger partial charge in [0, 0.05) is 9.79 Å². The molecule has 9 heteroatoms. The Morgan fingerprint density at radius 2 is 1.38 bits per heavy atom. The predicted octanol–water partition coefficient (Wildman–Crippen LogP) is 3.35. The van der Waals surface area contributed by atoms with Crippen LogP contribution in [0.4, 0.5) is 24.5 Å². The van der Waals surface area contributed by atoms with Gasteiger partial charge in [0.15, 0.2) is 30.5 Å². The molecule has 0 aromatic heterocycles. The van der Waals surface area contributed by atoms with Gasteiger partial charge in [-0.15, -0.1) is 0 Å². The van der Waals surface area contributed by atoms with Crippen LogP contribution in [-0.4, -0.2) is 32.0 Å². The number of hydrogen-bond donors (Lipinski definition) is 3. The summed E-state index contributed by atoms with van der Waals surface area (Å²) in [6, 6.07) is 18.8. The van der Waals surface area contributed by atoms with Crippen molar-refractivity contribution in [1.29, 1.82) is 0 Å². The van der Waals surface area contributed by atoms with Crippen LogP contribution in [0.3, 0.4) is 0 Å². The van der Waals surface area contributed by atoms with E-state index in [-0.39, 0.29) is 19.0 Å². The van der Waals surface area contributed by atoms with E-state index >= 15 is 0 Å². The third-order valence-electron chi connectivity index (χ3n) is 4.37. The first-order valence-electron chi connectivity index (χ1n) is 9.70. The average Bonchev–Trinajstić information content (AvgIpc) is 2.76. The van der Waals surface area contributed by atoms with Gasteiger partial charge in [-0.05, 0) is 36.4 Å². The van der Waals surface area contributed by atoms with Crippen LogP contribution in [0.15, 0.2) is 76.5 Å². The number of halogens is 3. The number of carbonyl (C=O) groups excluding carboxylic acids is 2. The summed E-state index contributed by atoms with van der Waals surface area (Å²) in [6.45, 7) is -0.204. The normalized spacial score (nSPS) is 11.6. The van der Waals surface area contributed by atoms with Crippen molar-refractivity contribution in [3.05, 3.63) is 84.2 Å². The molecule has 0 saturated heterocycles. The standard InChI is InChI=1S/C23H20F3N3O2S/c1-29(14-21(31)28-18-12-11-16(24)22(25)23(18)26)13-20(30)27-17-9-5-6-10-19(17)32-15-7-3-2-4-8-15/h2-12H,13-14H2,1H3,(H,27,30)(H,28,31)/p+1. The summed E-state index contributed by atoms with van der Waals surface area (Å²) in [5.74, 6) is -5.42. The van der Waals surface area contributed by atoms with Crippen LogP contribution in [0.1, 0.15) is 0 Å². The summed E-state index contributed by atoms with van der Waals surface area (Å²) < 4.78 is 40.0. The van der Waals surface area contributed by atoms with Crippen molar-refractivity contribution in [2.75, 3.05) is 30.8 Å². The van der Waals surface area contributed by atoms with Crippen LogP contribution in [0.2, 0.25) is 0 Å². The number of para-hydroxylation sites is 1. The minimum atomic E-state index is -1.66. The number of nitrogens with one attached hydrogen (secondary N) is 3. The SMILES string of the molecule is C[NH+](CC(=O)Nc1ccccc1Sc1ccccc1)CC(=O)Nc1ccc(F)c(F)c1F. The maximum atomic E-state index is 13.7. The molecule has 1 unspecified atom stereocenters. The van der Waals surface area contributed by atoms with Crippen molar-refractivity contribution in [3.63, 3.8) is 0 Å². The van der Waals surface area contributed by atoms with Gasteiger partial charge in [0.05, 0.1) is 18.4 Å². The number of benzene rings is 3. The molecule has 5 nitrogen and oxygen atoms in total. The van der Waals surface area contributed by atoms with E-state index in [1.807, 2.05) is 48.5 Å². The highest BCUT2D eigenvalue weighted by molar-refractivity contribution is 7.99. The van der Waals surface area contributed by atoms with Crippen molar-refractivity contribution < 1.29 is 27.7 Å². The zero-order valence-corrected chi connectivity index (χ0v) is 17.9. The Balaban J connectivity index is 1.55. The van der Waals surface area contributed by atoms with E-state index in [0.29, 0.717) is 10.6 Å². The van der Waals surface area contributed by atoms with Crippen molar-refractivity contribution in [3.8, 4) is 0 Å². The fourth-order valence-corrected chi connectivity index (χ4v) is 3.82. The molecule has 32 heavy (non-hydrogen) atoms. The number of quaternary nitrogens is 1. The lowest BCUT2D eigenvalue weighted by molar-refractivity contribution is -0.862. The highest BCUT2D eigenvalue weighted by atomic mass is 32.2. The molecule has 0 aliphatic rings. The fraction of sp³-hybridized carbons (Fsp3) is 0.130. The Morgan fingerprint density at radius 1 is 0.781 bits per heavy atom. The molecule has 3 aromatic carbocycles. The van der Waals surface area contributed by atoms with Gasteiger partial charge >= 0.3 is 0 Å². The Bertz CT molecular complexity index is 1110. The summed E-state index contributed by atoms with van der Waals surface area (Å²) in [5, 5.41) is 5.04. The molecule has 0 aliphatic carbocycles. The second-order valence-electron chi connectivity index (χ2n) is 7.04. The van der Waals surface area contributed by atoms with Crippen LogP contribution in [0.5, 0.6) is 0 Å². The Labute approximate surface area is 187 Å². The third kappa shape index (κ3) is 6.35. The fourth-order valence-electron chi connectivity index (χ4n) is 2.90. The number of carbonyl (C=O) groups is 2. The maximum Gasteiger partial charge on any atom is 0.279 e. The van der Waals surface area contributed by atoms with Crippen molar-refractivity contribution in [2.24, 2.45) is 0 Å². The van der Waals surface area contributed by atoms with Crippen molar-refractivity contribution in [1.82, 2.24) is 0 Å². The molecule has 166 valence electrons. The molecule has 0 saturated carbocycles. The minimum absolute atomic E-state index is 0.0297. The molecule has 3 aromatic rings. The van der Waals surface area contributed by atoms with Gasteiger partial charge in [0.2, 0.25) is 0 Å². The van der Waals surface area contributed by atoms with Gasteiger partial charge in [-0.25, -0.2) is 13.2 Å². The zero-order valence-electron chi connectivity index (χ0n) is 17.1. The summed E-state index contributed by atoms with van der Waals surface area (Å²) in [6.07, 6.45) is 0. The molecule has 1 atom stereocenters. The van der Waals surface area contributed by atoms with Gasteiger partial charge in [-0.3, -0.25) is 9.59 Å². The minimum Gasteiger partial charge on any atom is -0.322 e. The molecule has 0 aliphatic heterocycles. The summed E-state index contributed by atoms with van der Waals surface area (Å²) >= 11 is 1.51. The number of hydrogen-bond acceptors (Lipinski definition) is 3. The average molecular weight is 461 g/mol. The second-order valence-corrected chi connectivity index (χ2v) is 8.16. The topological polar surface area (TPSA) is 62.6 Å². The lowest BCUT2D eigenvalue weighted by Crippen LogP contribution is -3.11. The van der Waals surface area contributed by atoms with Gasteiger partial charge in [-0.2, -0.15) is 0 Å². The summed E-state index contributed by atoms with van der Waals surface area (Å²) in [7, 11) is 1.62. The molecular formula is C23H21F3N3O2S+. The smallest absolute Gasteiger partial charge is 0.279 e. The van der Waals surface area contributed by atoms with Gasteiger partial charge in [-0.1, -0.05) is 42.1 Å². The summed E-state index contributed by atoms with van der Waals surface area (Å²) in [4.78, 5) is 27.0. The van der Waals surface area contributed by atoms with Crippen LogP contribution in [-0.2, 0) is 9.59 Å². The largest absolute Gasteiger partial charge is 0.322 e. The molecular weight excluding hydrogens is 439 g/mol. The first kappa shape index (κ1) is 23.4. The number of rotatable bonds is 8. The Kier molecular flexibility index (Phi) is 7.91. The lowest BCUT2D eigenvalue weighted by Gasteiger charge is -2.15. The monoisotopic (exact) mass is 460 g/mol. The van der Waals surface area contributed by atoms with E-state index in [1.165, 1.54) is 11.8 Å². The first-order chi connectivity index (χ1) is 15.3. The Morgan fingerprint density at radius 3 is 2.06 bits per heavy atom. The van der Waals surface area contributed by atoms with E-state index < -0.39 is 29.0 Å². The zero-order chi connectivity index (χ0) is 23.1. The van der Waals surface area contributed by atoms with Crippen LogP contribution in [0, 0.1) is 17.5 Å². The van der Waals surface area contributed by atoms with Gasteiger partial charge < -0.3 is 15.5 Å². The van der Waals surface area contributed by atoms with Gasteiger partial charge in [0.25, 0.3) is 11.8 Å². The highest BCUT2D eigenvalue weighted by Crippen LogP contribution is 2.33. The Hall–Kier alpha value is -3.30. The van der Waals surface area contributed by atoms with E-state index in [2.05, 4.69) is 10.6 Å². The molecule has 0 bridgehead atoms. The van der Waals surface area contributed by atoms with Crippen LogP contribution < -0.4 is 15.5 Å². The summed E-state index contributed by atoms with van der Waals surface area (Å²) in [5.41, 5.74) is 0.186. The second kappa shape index (κ2) is 10.8. The quantitative estimate of drug-likeness (QED) is 0.452. The number of anilines is 2. The van der Waals surface area contributed by atoms with Crippen LogP contribution >= 0.6 is 11.8 Å². The number of likely N-dealkylation sites (N-methyl/N-ethyl adjacent to an activating group) is 1. The van der Waals surface area contributed by atoms with Crippen LogP contribution in [0.25, 0.3) is 0 Å². The van der Waals surface area contributed by atoms with E-state index in [0.717, 1.165) is 21.9 Å². The molecule has 0 radical (unpaired) electrons. The molecule has 0 spiro atoms. The lowest BCUT2D eigenvalue weighted by atomic mass is 10.2. The first-order valence-corrected chi connectivity index (χ1v) is 10.5. The van der Waals surface area contributed by atoms with Crippen molar-refractivity contribution in [2.45, 2.75) is 9.79 Å². The molecule has 0 fully saturated rings. The molecule has 3 N–H and O–H groups in total. The van der Waals surface area contributed by atoms with E-state index in [4.69, 9.17) is 0 Å². The van der Waals surface area contributed by atoms with Crippen molar-refractivity contribution >= 4 is 35.0 Å². The highest BCUT2D eigenvalue weighted by Gasteiger charge is 2.19. The van der Waals surface area contributed by atoms with Gasteiger partial charge in [0.1, 0.15) is 0 Å². The number of amides is 2. The molecule has 0 heterocycles.